The van der Waals surface area contributed by atoms with E-state index in [4.69, 9.17) is 9.47 Å². The molecule has 0 bridgehead atoms. The number of aryl methyl sites for hydroxylation is 1. The quantitative estimate of drug-likeness (QED) is 0.547. The summed E-state index contributed by atoms with van der Waals surface area (Å²) in [6.45, 7) is 5.98. The van der Waals surface area contributed by atoms with E-state index < -0.39 is 16.0 Å². The van der Waals surface area contributed by atoms with Crippen LogP contribution in [0, 0.1) is 6.92 Å². The van der Waals surface area contributed by atoms with Gasteiger partial charge in [-0.25, -0.2) is 13.2 Å². The molecule has 0 aliphatic rings. The van der Waals surface area contributed by atoms with Crippen LogP contribution in [0.1, 0.15) is 29.8 Å². The summed E-state index contributed by atoms with van der Waals surface area (Å²) >= 11 is 0. The molecule has 0 aliphatic carbocycles. The van der Waals surface area contributed by atoms with Crippen LogP contribution < -0.4 is 9.47 Å². The zero-order valence-electron chi connectivity index (χ0n) is 15.4. The van der Waals surface area contributed by atoms with Gasteiger partial charge in [0.25, 0.3) is 0 Å². The first-order valence-electron chi connectivity index (χ1n) is 8.30. The lowest BCUT2D eigenvalue weighted by Crippen LogP contribution is -2.31. The Balaban J connectivity index is 2.31. The molecule has 0 spiro atoms. The van der Waals surface area contributed by atoms with Crippen LogP contribution in [0.15, 0.2) is 47.4 Å². The second-order valence-electron chi connectivity index (χ2n) is 5.63. The summed E-state index contributed by atoms with van der Waals surface area (Å²) in [5.41, 5.74) is 0.759. The second-order valence-corrected chi connectivity index (χ2v) is 7.54. The highest BCUT2D eigenvalue weighted by Gasteiger charge is 2.25. The minimum atomic E-state index is -3.66. The molecule has 2 rings (SSSR count). The van der Waals surface area contributed by atoms with Crippen molar-refractivity contribution in [3.05, 3.63) is 53.6 Å². The molecular formula is C19H23NO5S. The van der Waals surface area contributed by atoms with Crippen molar-refractivity contribution < 1.29 is 22.7 Å². The van der Waals surface area contributed by atoms with Crippen molar-refractivity contribution in [1.82, 2.24) is 4.31 Å². The molecule has 140 valence electrons. The Kier molecular flexibility index (Phi) is 6.39. The molecule has 0 aromatic heterocycles. The molecule has 0 aliphatic heterocycles. The van der Waals surface area contributed by atoms with Gasteiger partial charge in [0.15, 0.2) is 0 Å². The molecule has 7 heteroatoms. The maximum atomic E-state index is 12.8. The highest BCUT2D eigenvalue weighted by atomic mass is 32.2. The third kappa shape index (κ3) is 4.23. The number of esters is 1. The Morgan fingerprint density at radius 1 is 1.00 bits per heavy atom. The van der Waals surface area contributed by atoms with E-state index in [1.54, 1.807) is 64.3 Å². The van der Waals surface area contributed by atoms with Gasteiger partial charge in [-0.2, -0.15) is 4.31 Å². The van der Waals surface area contributed by atoms with E-state index in [0.717, 1.165) is 0 Å². The van der Waals surface area contributed by atoms with Crippen LogP contribution in [0.3, 0.4) is 0 Å². The van der Waals surface area contributed by atoms with Gasteiger partial charge in [-0.05, 0) is 48.9 Å². The number of carbonyl (C=O) groups excluding carboxylic acids is 1. The number of carbonyl (C=O) groups is 1. The average Bonchev–Trinajstić information content (AvgIpc) is 2.63. The van der Waals surface area contributed by atoms with Crippen LogP contribution in [-0.4, -0.2) is 38.9 Å². The lowest BCUT2D eigenvalue weighted by molar-refractivity contribution is 0.0734. The van der Waals surface area contributed by atoms with Crippen molar-refractivity contribution in [3.63, 3.8) is 0 Å². The molecule has 0 heterocycles. The maximum absolute atomic E-state index is 12.8. The number of nitrogens with zero attached hydrogens (tertiary/aromatic N) is 1. The van der Waals surface area contributed by atoms with Gasteiger partial charge in [0.2, 0.25) is 10.0 Å². The monoisotopic (exact) mass is 377 g/mol. The van der Waals surface area contributed by atoms with Gasteiger partial charge < -0.3 is 9.47 Å². The first-order valence-corrected chi connectivity index (χ1v) is 9.74. The minimum Gasteiger partial charge on any atom is -0.497 e. The number of benzene rings is 2. The number of hydrogen-bond donors (Lipinski definition) is 0. The molecule has 0 atom stereocenters. The van der Waals surface area contributed by atoms with E-state index in [0.29, 0.717) is 30.2 Å². The van der Waals surface area contributed by atoms with Gasteiger partial charge in [-0.3, -0.25) is 0 Å². The molecule has 26 heavy (non-hydrogen) atoms. The lowest BCUT2D eigenvalue weighted by atomic mass is 10.1. The van der Waals surface area contributed by atoms with Crippen molar-refractivity contribution in [2.45, 2.75) is 25.7 Å². The van der Waals surface area contributed by atoms with Gasteiger partial charge in [-0.15, -0.1) is 0 Å². The summed E-state index contributed by atoms with van der Waals surface area (Å²) in [7, 11) is -2.11. The molecular weight excluding hydrogens is 354 g/mol. The third-order valence-electron chi connectivity index (χ3n) is 4.02. The van der Waals surface area contributed by atoms with Gasteiger partial charge in [0, 0.05) is 13.1 Å². The summed E-state index contributed by atoms with van der Waals surface area (Å²) in [6.07, 6.45) is 0. The van der Waals surface area contributed by atoms with Gasteiger partial charge in [0.05, 0.1) is 17.6 Å². The standard InChI is InChI=1S/C19H23NO5S/c1-5-20(6-2)26(22,23)18-13-15(8-7-14(18)3)19(21)25-17-11-9-16(24-4)10-12-17/h7-13H,5-6H2,1-4H3. The molecule has 0 unspecified atom stereocenters. The van der Waals surface area contributed by atoms with E-state index in [2.05, 4.69) is 0 Å². The first kappa shape index (κ1) is 19.9. The fourth-order valence-electron chi connectivity index (χ4n) is 2.52. The van der Waals surface area contributed by atoms with Gasteiger partial charge in [-0.1, -0.05) is 19.9 Å². The third-order valence-corrected chi connectivity index (χ3v) is 6.21. The van der Waals surface area contributed by atoms with Crippen LogP contribution >= 0.6 is 0 Å². The molecule has 0 N–H and O–H groups in total. The SMILES string of the molecule is CCN(CC)S(=O)(=O)c1cc(C(=O)Oc2ccc(OC)cc2)ccc1C. The van der Waals surface area contributed by atoms with Gasteiger partial charge in [0.1, 0.15) is 11.5 Å². The van der Waals surface area contributed by atoms with E-state index >= 15 is 0 Å². The fraction of sp³-hybridized carbons (Fsp3) is 0.316. The Morgan fingerprint density at radius 3 is 2.12 bits per heavy atom. The predicted molar refractivity (Wildman–Crippen MR) is 99.2 cm³/mol. The summed E-state index contributed by atoms with van der Waals surface area (Å²) in [6, 6.07) is 11.1. The van der Waals surface area contributed by atoms with E-state index in [-0.39, 0.29) is 10.5 Å². The van der Waals surface area contributed by atoms with E-state index in [1.807, 2.05) is 0 Å². The number of ether oxygens (including phenoxy) is 2. The van der Waals surface area contributed by atoms with Crippen LogP contribution in [-0.2, 0) is 10.0 Å². The number of methoxy groups -OCH3 is 1. The summed E-state index contributed by atoms with van der Waals surface area (Å²) in [5, 5.41) is 0. The Bertz CT molecular complexity index is 871. The molecule has 6 nitrogen and oxygen atoms in total. The van der Waals surface area contributed by atoms with Crippen molar-refractivity contribution >= 4 is 16.0 Å². The maximum Gasteiger partial charge on any atom is 0.343 e. The Labute approximate surface area is 154 Å². The van der Waals surface area contributed by atoms with Crippen molar-refractivity contribution in [3.8, 4) is 11.5 Å². The highest BCUT2D eigenvalue weighted by Crippen LogP contribution is 2.23. The minimum absolute atomic E-state index is 0.116. The van der Waals surface area contributed by atoms with Crippen molar-refractivity contribution in [2.24, 2.45) is 0 Å². The van der Waals surface area contributed by atoms with Crippen LogP contribution in [0.4, 0.5) is 0 Å². The average molecular weight is 377 g/mol. The number of rotatable bonds is 7. The highest BCUT2D eigenvalue weighted by molar-refractivity contribution is 7.89. The Hall–Kier alpha value is -2.38. The first-order chi connectivity index (χ1) is 12.3. The second kappa shape index (κ2) is 8.33. The zero-order chi connectivity index (χ0) is 19.3. The summed E-state index contributed by atoms with van der Waals surface area (Å²) < 4.78 is 37.3. The normalized spacial score (nSPS) is 11.4. The fourth-order valence-corrected chi connectivity index (χ4v) is 4.23. The number of hydrogen-bond acceptors (Lipinski definition) is 5. The Morgan fingerprint density at radius 2 is 1.58 bits per heavy atom. The summed E-state index contributed by atoms with van der Waals surface area (Å²) in [5.74, 6) is 0.378. The van der Waals surface area contributed by atoms with Crippen LogP contribution in [0.25, 0.3) is 0 Å². The molecule has 0 amide bonds. The smallest absolute Gasteiger partial charge is 0.343 e. The molecule has 0 radical (unpaired) electrons. The molecule has 2 aromatic rings. The largest absolute Gasteiger partial charge is 0.497 e. The molecule has 2 aromatic carbocycles. The zero-order valence-corrected chi connectivity index (χ0v) is 16.2. The lowest BCUT2D eigenvalue weighted by Gasteiger charge is -2.20. The van der Waals surface area contributed by atoms with Crippen molar-refractivity contribution in [1.29, 1.82) is 0 Å². The summed E-state index contributed by atoms with van der Waals surface area (Å²) in [4.78, 5) is 12.5. The molecule has 0 saturated heterocycles. The van der Waals surface area contributed by atoms with Crippen molar-refractivity contribution in [2.75, 3.05) is 20.2 Å². The van der Waals surface area contributed by atoms with Crippen LogP contribution in [0.2, 0.25) is 0 Å². The van der Waals surface area contributed by atoms with E-state index in [1.165, 1.54) is 10.4 Å². The van der Waals surface area contributed by atoms with E-state index in [9.17, 15) is 13.2 Å². The number of sulfonamides is 1. The van der Waals surface area contributed by atoms with Crippen LogP contribution in [0.5, 0.6) is 11.5 Å². The predicted octanol–water partition coefficient (Wildman–Crippen LogP) is 3.25. The molecule has 0 saturated carbocycles. The van der Waals surface area contributed by atoms with Gasteiger partial charge >= 0.3 is 5.97 Å². The topological polar surface area (TPSA) is 72.9 Å². The molecule has 0 fully saturated rings.